The van der Waals surface area contributed by atoms with Crippen LogP contribution in [0.2, 0.25) is 0 Å². The lowest BCUT2D eigenvalue weighted by Gasteiger charge is -2.27. The molecular formula is C22H26FNO2. The summed E-state index contributed by atoms with van der Waals surface area (Å²) in [5, 5.41) is 21.4. The number of nitrogens with zero attached hydrogens (tertiary/aromatic N) is 1. The van der Waals surface area contributed by atoms with Gasteiger partial charge in [-0.15, -0.1) is 0 Å². The van der Waals surface area contributed by atoms with Crippen molar-refractivity contribution < 1.29 is 14.6 Å². The number of benzene rings is 2. The maximum atomic E-state index is 13.0. The van der Waals surface area contributed by atoms with Crippen molar-refractivity contribution in [3.05, 3.63) is 71.5 Å². The Hall–Kier alpha value is -1.75. The topological polar surface area (TPSA) is 43.7 Å². The smallest absolute Gasteiger partial charge is 0.123 e. The highest BCUT2D eigenvalue weighted by Crippen LogP contribution is 2.45. The summed E-state index contributed by atoms with van der Waals surface area (Å²) in [6.07, 6.45) is 1.78. The van der Waals surface area contributed by atoms with Crippen LogP contribution in [0.3, 0.4) is 0 Å². The molecule has 3 nitrogen and oxygen atoms in total. The lowest BCUT2D eigenvalue weighted by atomic mass is 9.91. The summed E-state index contributed by atoms with van der Waals surface area (Å²) in [6, 6.07) is 16.3. The lowest BCUT2D eigenvalue weighted by molar-refractivity contribution is 0.0328. The van der Waals surface area contributed by atoms with Gasteiger partial charge in [0.15, 0.2) is 0 Å². The molecule has 4 rings (SSSR count). The maximum Gasteiger partial charge on any atom is 0.123 e. The summed E-state index contributed by atoms with van der Waals surface area (Å²) in [5.74, 6) is 0.697. The molecule has 0 spiro atoms. The van der Waals surface area contributed by atoms with E-state index in [-0.39, 0.29) is 5.82 Å². The molecule has 2 aliphatic rings. The van der Waals surface area contributed by atoms with E-state index < -0.39 is 11.7 Å². The van der Waals surface area contributed by atoms with Crippen LogP contribution in [0, 0.1) is 17.7 Å². The van der Waals surface area contributed by atoms with Crippen LogP contribution in [0.15, 0.2) is 54.6 Å². The Balaban J connectivity index is 1.32. The second-order valence-corrected chi connectivity index (χ2v) is 8.10. The average molecular weight is 355 g/mol. The number of halogens is 1. The highest BCUT2D eigenvalue weighted by Gasteiger charge is 2.48. The first-order valence-electron chi connectivity index (χ1n) is 9.43. The Morgan fingerprint density at radius 2 is 1.62 bits per heavy atom. The molecule has 0 bridgehead atoms. The summed E-state index contributed by atoms with van der Waals surface area (Å²) in [6.45, 7) is 2.40. The molecule has 2 fully saturated rings. The highest BCUT2D eigenvalue weighted by molar-refractivity contribution is 5.20. The molecule has 2 unspecified atom stereocenters. The normalized spacial score (nSPS) is 29.7. The fraction of sp³-hybridized carbons (Fsp3) is 0.455. The Labute approximate surface area is 154 Å². The zero-order valence-corrected chi connectivity index (χ0v) is 14.9. The van der Waals surface area contributed by atoms with E-state index in [1.807, 2.05) is 18.2 Å². The number of rotatable bonds is 5. The maximum absolute atomic E-state index is 13.0. The zero-order valence-electron chi connectivity index (χ0n) is 14.9. The van der Waals surface area contributed by atoms with Crippen LogP contribution in [0.25, 0.3) is 0 Å². The third-order valence-electron chi connectivity index (χ3n) is 6.00. The SMILES string of the molecule is OC(CN1C[C@@H]2CC(O)(Cc3ccccc3)C[C@@H]2C1)c1ccc(F)cc1. The number of aliphatic hydroxyl groups excluding tert-OH is 1. The van der Waals surface area contributed by atoms with Crippen LogP contribution < -0.4 is 0 Å². The molecule has 0 radical (unpaired) electrons. The first-order valence-corrected chi connectivity index (χ1v) is 9.43. The van der Waals surface area contributed by atoms with Gasteiger partial charge in [-0.1, -0.05) is 42.5 Å². The van der Waals surface area contributed by atoms with Crippen molar-refractivity contribution in [3.63, 3.8) is 0 Å². The van der Waals surface area contributed by atoms with Crippen LogP contribution in [-0.2, 0) is 6.42 Å². The van der Waals surface area contributed by atoms with Crippen molar-refractivity contribution in [2.45, 2.75) is 31.0 Å². The van der Waals surface area contributed by atoms with Crippen molar-refractivity contribution >= 4 is 0 Å². The zero-order chi connectivity index (χ0) is 18.1. The predicted molar refractivity (Wildman–Crippen MR) is 99.1 cm³/mol. The number of likely N-dealkylation sites (tertiary alicyclic amines) is 1. The average Bonchev–Trinajstić information content (AvgIpc) is 3.10. The van der Waals surface area contributed by atoms with E-state index >= 15 is 0 Å². The third-order valence-corrected chi connectivity index (χ3v) is 6.00. The molecule has 2 aromatic rings. The van der Waals surface area contributed by atoms with Crippen LogP contribution in [-0.4, -0.2) is 40.3 Å². The summed E-state index contributed by atoms with van der Waals surface area (Å²) < 4.78 is 13.0. The van der Waals surface area contributed by atoms with E-state index in [1.165, 1.54) is 17.7 Å². The molecule has 1 saturated carbocycles. The minimum Gasteiger partial charge on any atom is -0.390 e. The number of β-amino-alcohol motifs (C(OH)–C–C–N with tert-alkyl or cyclic N) is 1. The minimum absolute atomic E-state index is 0.283. The van der Waals surface area contributed by atoms with Gasteiger partial charge in [0.2, 0.25) is 0 Å². The van der Waals surface area contributed by atoms with Gasteiger partial charge < -0.3 is 10.2 Å². The van der Waals surface area contributed by atoms with Gasteiger partial charge in [0.05, 0.1) is 11.7 Å². The quantitative estimate of drug-likeness (QED) is 0.866. The van der Waals surface area contributed by atoms with Crippen molar-refractivity contribution in [3.8, 4) is 0 Å². The second kappa shape index (κ2) is 7.10. The molecule has 26 heavy (non-hydrogen) atoms. The van der Waals surface area contributed by atoms with Gasteiger partial charge in [-0.05, 0) is 47.9 Å². The molecule has 1 aliphatic carbocycles. The fourth-order valence-corrected chi connectivity index (χ4v) is 4.86. The van der Waals surface area contributed by atoms with Gasteiger partial charge in [0.25, 0.3) is 0 Å². The standard InChI is InChI=1S/C22H26FNO2/c23-20-8-6-17(7-9-20)21(25)15-24-13-18-11-22(26,12-19(18)14-24)10-16-4-2-1-3-5-16/h1-9,18-19,21,25-26H,10-15H2/t18-,19+,21?,22?. The first-order chi connectivity index (χ1) is 12.5. The van der Waals surface area contributed by atoms with E-state index in [2.05, 4.69) is 17.0 Å². The number of hydrogen-bond donors (Lipinski definition) is 2. The third kappa shape index (κ3) is 3.83. The second-order valence-electron chi connectivity index (χ2n) is 8.10. The van der Waals surface area contributed by atoms with Crippen molar-refractivity contribution in [2.75, 3.05) is 19.6 Å². The van der Waals surface area contributed by atoms with Gasteiger partial charge in [0, 0.05) is 26.1 Å². The molecule has 1 saturated heterocycles. The van der Waals surface area contributed by atoms with Crippen LogP contribution in [0.4, 0.5) is 4.39 Å². The summed E-state index contributed by atoms with van der Waals surface area (Å²) >= 11 is 0. The van der Waals surface area contributed by atoms with Gasteiger partial charge in [-0.2, -0.15) is 0 Å². The fourth-order valence-electron chi connectivity index (χ4n) is 4.86. The summed E-state index contributed by atoms with van der Waals surface area (Å²) in [5.41, 5.74) is 1.35. The van der Waals surface area contributed by atoms with Crippen LogP contribution in [0.5, 0.6) is 0 Å². The van der Waals surface area contributed by atoms with E-state index in [0.717, 1.165) is 37.9 Å². The van der Waals surface area contributed by atoms with Crippen molar-refractivity contribution in [1.82, 2.24) is 4.90 Å². The lowest BCUT2D eigenvalue weighted by Crippen LogP contribution is -2.33. The van der Waals surface area contributed by atoms with Crippen LogP contribution >= 0.6 is 0 Å². The van der Waals surface area contributed by atoms with Gasteiger partial charge in [-0.3, -0.25) is 4.90 Å². The molecule has 1 aliphatic heterocycles. The van der Waals surface area contributed by atoms with E-state index in [1.54, 1.807) is 12.1 Å². The molecule has 1 heterocycles. The molecule has 4 heteroatoms. The molecule has 0 amide bonds. The van der Waals surface area contributed by atoms with Crippen molar-refractivity contribution in [2.24, 2.45) is 11.8 Å². The number of fused-ring (bicyclic) bond motifs is 1. The van der Waals surface area contributed by atoms with Crippen LogP contribution in [0.1, 0.15) is 30.1 Å². The largest absolute Gasteiger partial charge is 0.390 e. The van der Waals surface area contributed by atoms with E-state index in [0.29, 0.717) is 18.4 Å². The summed E-state index contributed by atoms with van der Waals surface area (Å²) in [4.78, 5) is 2.28. The van der Waals surface area contributed by atoms with Crippen molar-refractivity contribution in [1.29, 1.82) is 0 Å². The highest BCUT2D eigenvalue weighted by atomic mass is 19.1. The van der Waals surface area contributed by atoms with Gasteiger partial charge >= 0.3 is 0 Å². The molecule has 4 atom stereocenters. The Bertz CT molecular complexity index is 720. The Kier molecular flexibility index (Phi) is 4.82. The monoisotopic (exact) mass is 355 g/mol. The van der Waals surface area contributed by atoms with Gasteiger partial charge in [0.1, 0.15) is 5.82 Å². The number of aliphatic hydroxyl groups is 2. The van der Waals surface area contributed by atoms with E-state index in [9.17, 15) is 14.6 Å². The molecular weight excluding hydrogens is 329 g/mol. The molecule has 138 valence electrons. The molecule has 0 aromatic heterocycles. The Morgan fingerprint density at radius 3 is 2.23 bits per heavy atom. The number of hydrogen-bond acceptors (Lipinski definition) is 3. The molecule has 2 aromatic carbocycles. The first kappa shape index (κ1) is 17.7. The molecule has 2 N–H and O–H groups in total. The summed E-state index contributed by atoms with van der Waals surface area (Å²) in [7, 11) is 0. The van der Waals surface area contributed by atoms with E-state index in [4.69, 9.17) is 0 Å². The Morgan fingerprint density at radius 1 is 1.00 bits per heavy atom. The van der Waals surface area contributed by atoms with Gasteiger partial charge in [-0.25, -0.2) is 4.39 Å². The minimum atomic E-state index is -0.599. The predicted octanol–water partition coefficient (Wildman–Crippen LogP) is 3.17.